The van der Waals surface area contributed by atoms with Crippen LogP contribution in [0.2, 0.25) is 0 Å². The molecule has 404 valence electrons. The first kappa shape index (κ1) is 63.3. The minimum Gasteiger partial charge on any atom is -0.394 e. The highest BCUT2D eigenvalue weighted by Gasteiger charge is 2.51. The average molecular weight is 984 g/mol. The Morgan fingerprint density at radius 2 is 0.928 bits per heavy atom. The smallest absolute Gasteiger partial charge is 0.220 e. The van der Waals surface area contributed by atoms with E-state index in [4.69, 9.17) is 18.9 Å². The number of carbonyl (C=O) groups excluding carboxylic acids is 1. The highest BCUT2D eigenvalue weighted by molar-refractivity contribution is 5.76. The largest absolute Gasteiger partial charge is 0.394 e. The van der Waals surface area contributed by atoms with Crippen LogP contribution >= 0.6 is 0 Å². The highest BCUT2D eigenvalue weighted by Crippen LogP contribution is 2.30. The van der Waals surface area contributed by atoms with E-state index >= 15 is 0 Å². The molecule has 0 saturated carbocycles. The van der Waals surface area contributed by atoms with Crippen LogP contribution < -0.4 is 5.32 Å². The Morgan fingerprint density at radius 1 is 0.507 bits per heavy atom. The van der Waals surface area contributed by atoms with Crippen LogP contribution in [-0.4, -0.2) is 140 Å². The van der Waals surface area contributed by atoms with Crippen LogP contribution in [0.1, 0.15) is 213 Å². The van der Waals surface area contributed by atoms with E-state index in [0.29, 0.717) is 12.8 Å². The van der Waals surface area contributed by atoms with Gasteiger partial charge in [-0.25, -0.2) is 0 Å². The van der Waals surface area contributed by atoms with Crippen LogP contribution in [0.5, 0.6) is 0 Å². The first-order valence-corrected chi connectivity index (χ1v) is 27.7. The molecule has 0 aliphatic carbocycles. The van der Waals surface area contributed by atoms with Crippen molar-refractivity contribution in [2.45, 2.75) is 286 Å². The zero-order valence-corrected chi connectivity index (χ0v) is 43.1. The lowest BCUT2D eigenvalue weighted by Crippen LogP contribution is -2.65. The van der Waals surface area contributed by atoms with E-state index in [9.17, 15) is 45.6 Å². The van der Waals surface area contributed by atoms with Crippen molar-refractivity contribution < 1.29 is 64.6 Å². The molecule has 0 bridgehead atoms. The minimum atomic E-state index is -1.79. The summed E-state index contributed by atoms with van der Waals surface area (Å²) in [4.78, 5) is 13.2. The third-order valence-electron chi connectivity index (χ3n) is 13.5. The number of carbonyl (C=O) groups is 1. The normalized spacial score (nSPS) is 26.4. The van der Waals surface area contributed by atoms with Gasteiger partial charge in [-0.1, -0.05) is 185 Å². The first-order valence-electron chi connectivity index (χ1n) is 27.7. The number of hydrogen-bond donors (Lipinski definition) is 9. The van der Waals surface area contributed by atoms with E-state index in [1.165, 1.54) is 148 Å². The van der Waals surface area contributed by atoms with E-state index in [1.54, 1.807) is 6.08 Å². The number of amides is 1. The van der Waals surface area contributed by atoms with E-state index in [1.807, 2.05) is 6.08 Å². The summed E-state index contributed by atoms with van der Waals surface area (Å²) in [6.45, 7) is 2.73. The van der Waals surface area contributed by atoms with E-state index < -0.39 is 86.8 Å². The van der Waals surface area contributed by atoms with Gasteiger partial charge in [0.15, 0.2) is 12.6 Å². The average Bonchev–Trinajstić information content (AvgIpc) is 3.35. The van der Waals surface area contributed by atoms with Crippen molar-refractivity contribution in [3.63, 3.8) is 0 Å². The van der Waals surface area contributed by atoms with Gasteiger partial charge in [0.05, 0.1) is 32.0 Å². The maximum absolute atomic E-state index is 13.2. The first-order chi connectivity index (χ1) is 33.6. The lowest BCUT2D eigenvalue weighted by molar-refractivity contribution is -0.359. The monoisotopic (exact) mass is 984 g/mol. The van der Waals surface area contributed by atoms with Crippen LogP contribution in [0.3, 0.4) is 0 Å². The van der Waals surface area contributed by atoms with Crippen molar-refractivity contribution >= 4 is 5.91 Å². The number of allylic oxidation sites excluding steroid dienone is 5. The molecule has 2 aliphatic rings. The second kappa shape index (κ2) is 41.7. The Bertz CT molecular complexity index is 1300. The van der Waals surface area contributed by atoms with Gasteiger partial charge < -0.3 is 65.1 Å². The molecule has 12 unspecified atom stereocenters. The number of rotatable bonds is 43. The molecule has 0 aromatic carbocycles. The van der Waals surface area contributed by atoms with Crippen molar-refractivity contribution in [3.8, 4) is 0 Å². The second-order valence-electron chi connectivity index (χ2n) is 19.7. The van der Waals surface area contributed by atoms with Gasteiger partial charge in [0.25, 0.3) is 0 Å². The minimum absolute atomic E-state index is 0.251. The van der Waals surface area contributed by atoms with Gasteiger partial charge in [0.1, 0.15) is 48.8 Å². The maximum Gasteiger partial charge on any atom is 0.220 e. The second-order valence-corrected chi connectivity index (χ2v) is 19.7. The number of aliphatic hydroxyl groups excluding tert-OH is 8. The SMILES string of the molecule is CCCCCC/C=C/CC/C=C/C(O)C(COC1OC(CO)C(OC2OC(CO)C(O)C(O)C2O)C(O)C1O)NC(=O)CCCCCCCCCCCCCCC/C=C\CCCCCCCCCC. The van der Waals surface area contributed by atoms with Gasteiger partial charge in [0.2, 0.25) is 5.91 Å². The molecular formula is C55H101NO13. The summed E-state index contributed by atoms with van der Waals surface area (Å²) in [7, 11) is 0. The van der Waals surface area contributed by atoms with Crippen LogP contribution in [0.4, 0.5) is 0 Å². The predicted octanol–water partition coefficient (Wildman–Crippen LogP) is 8.27. The van der Waals surface area contributed by atoms with Gasteiger partial charge in [-0.2, -0.15) is 0 Å². The molecule has 0 aromatic heterocycles. The van der Waals surface area contributed by atoms with Crippen molar-refractivity contribution in [2.75, 3.05) is 19.8 Å². The summed E-state index contributed by atoms with van der Waals surface area (Å²) < 4.78 is 22.7. The van der Waals surface area contributed by atoms with Crippen molar-refractivity contribution in [2.24, 2.45) is 0 Å². The molecule has 2 aliphatic heterocycles. The van der Waals surface area contributed by atoms with Crippen molar-refractivity contribution in [1.29, 1.82) is 0 Å². The Morgan fingerprint density at radius 3 is 1.43 bits per heavy atom. The summed E-state index contributed by atoms with van der Waals surface area (Å²) in [5.41, 5.74) is 0. The third-order valence-corrected chi connectivity index (χ3v) is 13.5. The molecule has 69 heavy (non-hydrogen) atoms. The fourth-order valence-electron chi connectivity index (χ4n) is 9.01. The number of unbranched alkanes of at least 4 members (excludes halogenated alkanes) is 26. The maximum atomic E-state index is 13.2. The van der Waals surface area contributed by atoms with E-state index in [0.717, 1.165) is 32.1 Å². The van der Waals surface area contributed by atoms with E-state index in [-0.39, 0.29) is 18.9 Å². The zero-order valence-electron chi connectivity index (χ0n) is 43.1. The molecule has 2 saturated heterocycles. The molecule has 0 spiro atoms. The number of ether oxygens (including phenoxy) is 4. The molecule has 0 aromatic rings. The van der Waals surface area contributed by atoms with Gasteiger partial charge >= 0.3 is 0 Å². The lowest BCUT2D eigenvalue weighted by atomic mass is 9.97. The number of aliphatic hydroxyl groups is 8. The summed E-state index contributed by atoms with van der Waals surface area (Å²) in [5.74, 6) is -0.251. The molecule has 1 amide bonds. The topological polar surface area (TPSA) is 228 Å². The quantitative estimate of drug-likeness (QED) is 0.0207. The summed E-state index contributed by atoms with van der Waals surface area (Å²) in [5, 5.41) is 86.7. The van der Waals surface area contributed by atoms with Gasteiger partial charge in [0, 0.05) is 6.42 Å². The number of hydrogen-bond acceptors (Lipinski definition) is 13. The van der Waals surface area contributed by atoms with Crippen LogP contribution in [0.15, 0.2) is 36.5 Å². The van der Waals surface area contributed by atoms with Gasteiger partial charge in [-0.15, -0.1) is 0 Å². The molecule has 0 radical (unpaired) electrons. The van der Waals surface area contributed by atoms with Crippen molar-refractivity contribution in [3.05, 3.63) is 36.5 Å². The fraction of sp³-hybridized carbons (Fsp3) is 0.873. The van der Waals surface area contributed by atoms with E-state index in [2.05, 4.69) is 43.5 Å². The van der Waals surface area contributed by atoms with Crippen LogP contribution in [0, 0.1) is 0 Å². The third kappa shape index (κ3) is 28.3. The molecule has 9 N–H and O–H groups in total. The molecule has 2 fully saturated rings. The summed E-state index contributed by atoms with van der Waals surface area (Å²) >= 11 is 0. The zero-order chi connectivity index (χ0) is 50.3. The molecule has 14 nitrogen and oxygen atoms in total. The lowest BCUT2D eigenvalue weighted by Gasteiger charge is -2.46. The van der Waals surface area contributed by atoms with Gasteiger partial charge in [-0.05, 0) is 57.8 Å². The molecule has 12 atom stereocenters. The molecule has 14 heteroatoms. The fourth-order valence-corrected chi connectivity index (χ4v) is 9.01. The molecule has 2 heterocycles. The molecular weight excluding hydrogens is 883 g/mol. The Balaban J connectivity index is 1.72. The molecule has 2 rings (SSSR count). The summed E-state index contributed by atoms with van der Waals surface area (Å²) in [6, 6.07) is -0.928. The Kier molecular flexibility index (Phi) is 38.2. The highest BCUT2D eigenvalue weighted by atomic mass is 16.7. The standard InChI is InChI=1S/C55H101NO13/c1-3-5-7-9-11-13-15-16-17-18-19-20-21-22-23-24-25-26-27-28-29-31-33-35-37-39-47(60)56-43(44(59)38-36-34-32-30-14-12-10-8-6-4-2)42-66-54-52(65)50(63)53(46(41-58)68-54)69-55-51(64)49(62)48(61)45(40-57)67-55/h14,18-19,30,36,38,43-46,48-55,57-59,61-65H,3-13,15-17,20-29,31-35,37,39-42H2,1-2H3,(H,56,60)/b19-18-,30-14+,38-36+. The Labute approximate surface area is 417 Å². The van der Waals surface area contributed by atoms with Crippen LogP contribution in [-0.2, 0) is 23.7 Å². The Hall–Kier alpha value is -1.79. The number of nitrogens with one attached hydrogen (secondary N) is 1. The van der Waals surface area contributed by atoms with Crippen LogP contribution in [0.25, 0.3) is 0 Å². The predicted molar refractivity (Wildman–Crippen MR) is 272 cm³/mol. The van der Waals surface area contributed by atoms with Gasteiger partial charge in [-0.3, -0.25) is 4.79 Å². The van der Waals surface area contributed by atoms with Crippen molar-refractivity contribution in [1.82, 2.24) is 5.32 Å². The summed E-state index contributed by atoms with van der Waals surface area (Å²) in [6.07, 6.45) is 32.1.